The molecule has 2 rings (SSSR count). The molecule has 6 heteroatoms. The van der Waals surface area contributed by atoms with E-state index in [2.05, 4.69) is 11.4 Å². The minimum absolute atomic E-state index is 0.0818. The summed E-state index contributed by atoms with van der Waals surface area (Å²) in [5.41, 5.74) is -0.645. The standard InChI is InChI=1S/C15H22N2O3S/c1-2-15(13(18)19)6-9-17(10-7-15)14(20)16-8-5-12-4-3-11-21-12/h3-4,11H,2,5-10H2,1H3,(H,16,20)(H,18,19). The Bertz CT molecular complexity index is 479. The number of urea groups is 1. The van der Waals surface area contributed by atoms with Gasteiger partial charge in [-0.3, -0.25) is 4.79 Å². The molecule has 1 aliphatic heterocycles. The summed E-state index contributed by atoms with van der Waals surface area (Å²) in [4.78, 5) is 26.4. The Hall–Kier alpha value is -1.56. The summed E-state index contributed by atoms with van der Waals surface area (Å²) in [5, 5.41) is 14.3. The highest BCUT2D eigenvalue weighted by molar-refractivity contribution is 7.09. The van der Waals surface area contributed by atoms with Gasteiger partial charge in [-0.1, -0.05) is 13.0 Å². The lowest BCUT2D eigenvalue weighted by atomic mass is 9.76. The lowest BCUT2D eigenvalue weighted by molar-refractivity contribution is -0.151. The van der Waals surface area contributed by atoms with Gasteiger partial charge in [0.15, 0.2) is 0 Å². The topological polar surface area (TPSA) is 69.6 Å². The van der Waals surface area contributed by atoms with Crippen LogP contribution in [0.1, 0.15) is 31.1 Å². The Balaban J connectivity index is 1.76. The number of aliphatic carboxylic acids is 1. The number of thiophene rings is 1. The van der Waals surface area contributed by atoms with Crippen LogP contribution in [-0.4, -0.2) is 41.6 Å². The van der Waals surface area contributed by atoms with Crippen molar-refractivity contribution in [1.29, 1.82) is 0 Å². The van der Waals surface area contributed by atoms with Crippen LogP contribution >= 0.6 is 11.3 Å². The molecule has 1 aromatic rings. The van der Waals surface area contributed by atoms with Gasteiger partial charge < -0.3 is 15.3 Å². The number of piperidine rings is 1. The van der Waals surface area contributed by atoms with E-state index in [0.717, 1.165) is 6.42 Å². The summed E-state index contributed by atoms with van der Waals surface area (Å²) in [6.45, 7) is 3.56. The molecular weight excluding hydrogens is 288 g/mol. The second-order valence-electron chi connectivity index (χ2n) is 5.49. The Kier molecular flexibility index (Phi) is 5.22. The average molecular weight is 310 g/mol. The fourth-order valence-electron chi connectivity index (χ4n) is 2.72. The first-order chi connectivity index (χ1) is 10.1. The van der Waals surface area contributed by atoms with E-state index in [0.29, 0.717) is 38.9 Å². The van der Waals surface area contributed by atoms with Crippen molar-refractivity contribution in [3.8, 4) is 0 Å². The highest BCUT2D eigenvalue weighted by atomic mass is 32.1. The van der Waals surface area contributed by atoms with Crippen molar-refractivity contribution in [2.45, 2.75) is 32.6 Å². The van der Waals surface area contributed by atoms with Crippen LogP contribution in [0.5, 0.6) is 0 Å². The molecule has 2 amide bonds. The molecule has 1 aromatic heterocycles. The SMILES string of the molecule is CCC1(C(=O)O)CCN(C(=O)NCCc2cccs2)CC1. The number of carboxylic acids is 1. The number of rotatable bonds is 5. The van der Waals surface area contributed by atoms with Gasteiger partial charge in [-0.05, 0) is 37.1 Å². The van der Waals surface area contributed by atoms with E-state index in [9.17, 15) is 14.7 Å². The third-order valence-corrected chi connectivity index (χ3v) is 5.30. The van der Waals surface area contributed by atoms with E-state index < -0.39 is 11.4 Å². The quantitative estimate of drug-likeness (QED) is 0.878. The largest absolute Gasteiger partial charge is 0.481 e. The van der Waals surface area contributed by atoms with Gasteiger partial charge in [0.1, 0.15) is 0 Å². The summed E-state index contributed by atoms with van der Waals surface area (Å²) in [6.07, 6.45) is 2.54. The number of carboxylic acid groups (broad SMARTS) is 1. The van der Waals surface area contributed by atoms with E-state index >= 15 is 0 Å². The zero-order valence-electron chi connectivity index (χ0n) is 12.3. The second kappa shape index (κ2) is 6.93. The molecule has 0 aromatic carbocycles. The number of carbonyl (C=O) groups is 2. The normalized spacial score (nSPS) is 17.5. The summed E-state index contributed by atoms with van der Waals surface area (Å²) in [7, 11) is 0. The van der Waals surface area contributed by atoms with Crippen LogP contribution in [0.15, 0.2) is 17.5 Å². The Labute approximate surface area is 129 Å². The molecule has 0 spiro atoms. The Morgan fingerprint density at radius 3 is 2.67 bits per heavy atom. The van der Waals surface area contributed by atoms with Crippen LogP contribution in [0.4, 0.5) is 4.79 Å². The Morgan fingerprint density at radius 2 is 2.14 bits per heavy atom. The summed E-state index contributed by atoms with van der Waals surface area (Å²) in [6, 6.07) is 3.98. The second-order valence-corrected chi connectivity index (χ2v) is 6.52. The third kappa shape index (κ3) is 3.75. The molecule has 21 heavy (non-hydrogen) atoms. The Morgan fingerprint density at radius 1 is 1.43 bits per heavy atom. The van der Waals surface area contributed by atoms with Gasteiger partial charge in [0.25, 0.3) is 0 Å². The van der Waals surface area contributed by atoms with Crippen LogP contribution in [0.25, 0.3) is 0 Å². The highest BCUT2D eigenvalue weighted by Gasteiger charge is 2.40. The fraction of sp³-hybridized carbons (Fsp3) is 0.600. The van der Waals surface area contributed by atoms with Gasteiger partial charge in [0.05, 0.1) is 5.41 Å². The molecule has 0 bridgehead atoms. The molecule has 2 heterocycles. The number of hydrogen-bond acceptors (Lipinski definition) is 3. The van der Waals surface area contributed by atoms with Crippen molar-refractivity contribution < 1.29 is 14.7 Å². The highest BCUT2D eigenvalue weighted by Crippen LogP contribution is 2.35. The molecule has 0 unspecified atom stereocenters. The number of nitrogens with zero attached hydrogens (tertiary/aromatic N) is 1. The van der Waals surface area contributed by atoms with Crippen LogP contribution in [0, 0.1) is 5.41 Å². The van der Waals surface area contributed by atoms with Crippen molar-refractivity contribution in [3.05, 3.63) is 22.4 Å². The molecule has 1 fully saturated rings. The lowest BCUT2D eigenvalue weighted by Crippen LogP contribution is -2.49. The zero-order chi connectivity index (χ0) is 15.3. The molecule has 0 radical (unpaired) electrons. The van der Waals surface area contributed by atoms with E-state index in [1.165, 1.54) is 4.88 Å². The molecule has 0 saturated carbocycles. The number of likely N-dealkylation sites (tertiary alicyclic amines) is 1. The smallest absolute Gasteiger partial charge is 0.317 e. The minimum atomic E-state index is -0.734. The molecule has 0 atom stereocenters. The van der Waals surface area contributed by atoms with Gasteiger partial charge in [0, 0.05) is 24.5 Å². The number of amides is 2. The molecule has 2 N–H and O–H groups in total. The monoisotopic (exact) mass is 310 g/mol. The summed E-state index contributed by atoms with van der Waals surface area (Å²) >= 11 is 1.69. The maximum absolute atomic E-state index is 12.1. The van der Waals surface area contributed by atoms with Crippen LogP contribution in [0.3, 0.4) is 0 Å². The summed E-state index contributed by atoms with van der Waals surface area (Å²) in [5.74, 6) is -0.734. The maximum Gasteiger partial charge on any atom is 0.317 e. The van der Waals surface area contributed by atoms with Crippen LogP contribution in [0.2, 0.25) is 0 Å². The van der Waals surface area contributed by atoms with Gasteiger partial charge in [-0.2, -0.15) is 0 Å². The molecule has 0 aliphatic carbocycles. The predicted molar refractivity (Wildman–Crippen MR) is 82.6 cm³/mol. The minimum Gasteiger partial charge on any atom is -0.481 e. The molecule has 116 valence electrons. The molecule has 5 nitrogen and oxygen atoms in total. The van der Waals surface area contributed by atoms with Gasteiger partial charge in [-0.25, -0.2) is 4.79 Å². The van der Waals surface area contributed by atoms with Crippen molar-refractivity contribution >= 4 is 23.3 Å². The van der Waals surface area contributed by atoms with E-state index in [4.69, 9.17) is 0 Å². The van der Waals surface area contributed by atoms with Gasteiger partial charge >= 0.3 is 12.0 Å². The van der Waals surface area contributed by atoms with Crippen molar-refractivity contribution in [3.63, 3.8) is 0 Å². The first-order valence-electron chi connectivity index (χ1n) is 7.36. The molecule has 1 aliphatic rings. The van der Waals surface area contributed by atoms with Crippen LogP contribution < -0.4 is 5.32 Å². The van der Waals surface area contributed by atoms with Gasteiger partial charge in [0.2, 0.25) is 0 Å². The van der Waals surface area contributed by atoms with Crippen molar-refractivity contribution in [2.24, 2.45) is 5.41 Å². The molecule has 1 saturated heterocycles. The van der Waals surface area contributed by atoms with Crippen molar-refractivity contribution in [1.82, 2.24) is 10.2 Å². The van der Waals surface area contributed by atoms with E-state index in [-0.39, 0.29) is 6.03 Å². The predicted octanol–water partition coefficient (Wildman–Crippen LogP) is 2.58. The number of nitrogens with one attached hydrogen (secondary N) is 1. The first kappa shape index (κ1) is 15.8. The summed E-state index contributed by atoms with van der Waals surface area (Å²) < 4.78 is 0. The average Bonchev–Trinajstić information content (AvgIpc) is 3.00. The third-order valence-electron chi connectivity index (χ3n) is 4.37. The molecular formula is C15H22N2O3S. The first-order valence-corrected chi connectivity index (χ1v) is 8.24. The fourth-order valence-corrected chi connectivity index (χ4v) is 3.42. The maximum atomic E-state index is 12.1. The lowest BCUT2D eigenvalue weighted by Gasteiger charge is -2.38. The number of carbonyl (C=O) groups excluding carboxylic acids is 1. The van der Waals surface area contributed by atoms with E-state index in [1.54, 1.807) is 16.2 Å². The van der Waals surface area contributed by atoms with Crippen LogP contribution in [-0.2, 0) is 11.2 Å². The van der Waals surface area contributed by atoms with Crippen molar-refractivity contribution in [2.75, 3.05) is 19.6 Å². The zero-order valence-corrected chi connectivity index (χ0v) is 13.1. The van der Waals surface area contributed by atoms with Gasteiger partial charge in [-0.15, -0.1) is 11.3 Å². The van der Waals surface area contributed by atoms with E-state index in [1.807, 2.05) is 18.4 Å². The number of hydrogen-bond donors (Lipinski definition) is 2.